The summed E-state index contributed by atoms with van der Waals surface area (Å²) in [6.45, 7) is 1.32. The predicted molar refractivity (Wildman–Crippen MR) is 65.9 cm³/mol. The number of carboxylic acids is 1. The fraction of sp³-hybridized carbons (Fsp3) is 0.545. The molecule has 8 heteroatoms. The van der Waals surface area contributed by atoms with Crippen molar-refractivity contribution in [1.29, 1.82) is 0 Å². The zero-order valence-electron chi connectivity index (χ0n) is 10.2. The second-order valence-electron chi connectivity index (χ2n) is 4.55. The Bertz CT molecular complexity index is 476. The molecular formula is C11H14N4O4. The van der Waals surface area contributed by atoms with Crippen LogP contribution in [0.2, 0.25) is 0 Å². The average Bonchev–Trinajstić information content (AvgIpc) is 2.38. The molecule has 0 aromatic carbocycles. The molecule has 1 aromatic heterocycles. The standard InChI is InChI=1S/C11H14N4O4/c16-10(17)4-8-2-1-3-14(7-8)11-12-5-9(6-13-11)15(18)19/h5-6,8H,1-4,7H2,(H,16,17). The maximum atomic E-state index is 10.7. The maximum absolute atomic E-state index is 10.7. The molecule has 1 aliphatic heterocycles. The minimum Gasteiger partial charge on any atom is -0.481 e. The fourth-order valence-corrected chi connectivity index (χ4v) is 2.23. The molecule has 1 aromatic rings. The van der Waals surface area contributed by atoms with E-state index < -0.39 is 10.9 Å². The van der Waals surface area contributed by atoms with Gasteiger partial charge >= 0.3 is 11.7 Å². The second kappa shape index (κ2) is 5.59. The summed E-state index contributed by atoms with van der Waals surface area (Å²) in [5.41, 5.74) is -0.150. The van der Waals surface area contributed by atoms with Crippen LogP contribution in [0.1, 0.15) is 19.3 Å². The molecule has 1 N–H and O–H groups in total. The smallest absolute Gasteiger partial charge is 0.305 e. The number of piperidine rings is 1. The molecule has 2 rings (SSSR count). The van der Waals surface area contributed by atoms with Crippen LogP contribution in [0.5, 0.6) is 0 Å². The number of hydrogen-bond acceptors (Lipinski definition) is 6. The summed E-state index contributed by atoms with van der Waals surface area (Å²) in [5, 5.41) is 19.3. The topological polar surface area (TPSA) is 109 Å². The van der Waals surface area contributed by atoms with Gasteiger partial charge in [0.15, 0.2) is 0 Å². The van der Waals surface area contributed by atoms with Crippen molar-refractivity contribution in [3.05, 3.63) is 22.5 Å². The molecule has 0 saturated carbocycles. The third kappa shape index (κ3) is 3.36. The second-order valence-corrected chi connectivity index (χ2v) is 4.55. The number of carbonyl (C=O) groups is 1. The largest absolute Gasteiger partial charge is 0.481 e. The minimum atomic E-state index is -0.809. The molecule has 0 aliphatic carbocycles. The average molecular weight is 266 g/mol. The Morgan fingerprint density at radius 3 is 2.79 bits per heavy atom. The van der Waals surface area contributed by atoms with Crippen LogP contribution in [0.15, 0.2) is 12.4 Å². The molecule has 1 fully saturated rings. The SMILES string of the molecule is O=C(O)CC1CCCN(c2ncc([N+](=O)[O-])cn2)C1. The molecule has 2 heterocycles. The number of anilines is 1. The first-order valence-electron chi connectivity index (χ1n) is 5.99. The van der Waals surface area contributed by atoms with Crippen molar-refractivity contribution in [2.45, 2.75) is 19.3 Å². The highest BCUT2D eigenvalue weighted by Gasteiger charge is 2.24. The van der Waals surface area contributed by atoms with Crippen molar-refractivity contribution < 1.29 is 14.8 Å². The molecule has 1 saturated heterocycles. The van der Waals surface area contributed by atoms with Crippen molar-refractivity contribution in [2.24, 2.45) is 5.92 Å². The highest BCUT2D eigenvalue weighted by molar-refractivity contribution is 5.67. The molecule has 0 radical (unpaired) electrons. The van der Waals surface area contributed by atoms with Crippen LogP contribution in [0.3, 0.4) is 0 Å². The van der Waals surface area contributed by atoms with Gasteiger partial charge in [-0.3, -0.25) is 14.9 Å². The van der Waals surface area contributed by atoms with Crippen LogP contribution >= 0.6 is 0 Å². The van der Waals surface area contributed by atoms with Crippen LogP contribution in [0.4, 0.5) is 11.6 Å². The zero-order chi connectivity index (χ0) is 13.8. The van der Waals surface area contributed by atoms with E-state index in [-0.39, 0.29) is 18.0 Å². The van der Waals surface area contributed by atoms with Gasteiger partial charge in [0.25, 0.3) is 0 Å². The van der Waals surface area contributed by atoms with Gasteiger partial charge in [-0.25, -0.2) is 9.97 Å². The van der Waals surface area contributed by atoms with Crippen molar-refractivity contribution >= 4 is 17.6 Å². The van der Waals surface area contributed by atoms with Crippen LogP contribution in [0.25, 0.3) is 0 Å². The summed E-state index contributed by atoms with van der Waals surface area (Å²) >= 11 is 0. The van der Waals surface area contributed by atoms with E-state index in [0.717, 1.165) is 19.4 Å². The summed E-state index contributed by atoms with van der Waals surface area (Å²) in [4.78, 5) is 30.5. The van der Waals surface area contributed by atoms with E-state index >= 15 is 0 Å². The first-order chi connectivity index (χ1) is 9.06. The number of rotatable bonds is 4. The number of aliphatic carboxylic acids is 1. The van der Waals surface area contributed by atoms with Crippen molar-refractivity contribution in [1.82, 2.24) is 9.97 Å². The Morgan fingerprint density at radius 1 is 1.53 bits per heavy atom. The number of nitrogens with zero attached hydrogens (tertiary/aromatic N) is 4. The van der Waals surface area contributed by atoms with Crippen LogP contribution < -0.4 is 4.90 Å². The maximum Gasteiger partial charge on any atom is 0.305 e. The van der Waals surface area contributed by atoms with Gasteiger partial charge in [-0.05, 0) is 18.8 Å². The lowest BCUT2D eigenvalue weighted by molar-refractivity contribution is -0.385. The minimum absolute atomic E-state index is 0.0741. The molecule has 1 unspecified atom stereocenters. The molecule has 0 bridgehead atoms. The van der Waals surface area contributed by atoms with E-state index in [1.807, 2.05) is 4.90 Å². The Morgan fingerprint density at radius 2 is 2.21 bits per heavy atom. The fourth-order valence-electron chi connectivity index (χ4n) is 2.23. The first kappa shape index (κ1) is 13.2. The van der Waals surface area contributed by atoms with E-state index in [4.69, 9.17) is 5.11 Å². The highest BCUT2D eigenvalue weighted by Crippen LogP contribution is 2.23. The highest BCUT2D eigenvalue weighted by atomic mass is 16.6. The van der Waals surface area contributed by atoms with Crippen LogP contribution in [0, 0.1) is 16.0 Å². The molecule has 0 amide bonds. The van der Waals surface area contributed by atoms with E-state index in [0.29, 0.717) is 12.5 Å². The number of nitro groups is 1. The molecule has 19 heavy (non-hydrogen) atoms. The third-order valence-corrected chi connectivity index (χ3v) is 3.10. The van der Waals surface area contributed by atoms with Gasteiger partial charge in [0.2, 0.25) is 5.95 Å². The lowest BCUT2D eigenvalue weighted by Gasteiger charge is -2.31. The Kier molecular flexibility index (Phi) is 3.88. The van der Waals surface area contributed by atoms with E-state index in [1.165, 1.54) is 12.4 Å². The lowest BCUT2D eigenvalue weighted by atomic mass is 9.95. The molecule has 102 valence electrons. The van der Waals surface area contributed by atoms with Crippen molar-refractivity contribution in [2.75, 3.05) is 18.0 Å². The van der Waals surface area contributed by atoms with Crippen LogP contribution in [-0.2, 0) is 4.79 Å². The van der Waals surface area contributed by atoms with Gasteiger partial charge in [0.05, 0.1) is 4.92 Å². The van der Waals surface area contributed by atoms with Gasteiger partial charge < -0.3 is 10.0 Å². The van der Waals surface area contributed by atoms with Gasteiger partial charge in [0.1, 0.15) is 12.4 Å². The zero-order valence-corrected chi connectivity index (χ0v) is 10.2. The van der Waals surface area contributed by atoms with Gasteiger partial charge in [-0.1, -0.05) is 0 Å². The number of hydrogen-bond donors (Lipinski definition) is 1. The van der Waals surface area contributed by atoms with E-state index in [9.17, 15) is 14.9 Å². The Balaban J connectivity index is 2.04. The molecular weight excluding hydrogens is 252 g/mol. The Hall–Kier alpha value is -2.25. The van der Waals surface area contributed by atoms with E-state index in [2.05, 4.69) is 9.97 Å². The molecule has 1 aliphatic rings. The molecule has 1 atom stereocenters. The van der Waals surface area contributed by atoms with E-state index in [1.54, 1.807) is 0 Å². The summed E-state index contributed by atoms with van der Waals surface area (Å²) in [7, 11) is 0. The van der Waals surface area contributed by atoms with Gasteiger partial charge in [-0.2, -0.15) is 0 Å². The number of aromatic nitrogens is 2. The summed E-state index contributed by atoms with van der Waals surface area (Å²) < 4.78 is 0. The van der Waals surface area contributed by atoms with Gasteiger partial charge in [0, 0.05) is 19.5 Å². The quantitative estimate of drug-likeness (QED) is 0.641. The van der Waals surface area contributed by atoms with Crippen molar-refractivity contribution in [3.8, 4) is 0 Å². The monoisotopic (exact) mass is 266 g/mol. The number of carboxylic acid groups (broad SMARTS) is 1. The first-order valence-corrected chi connectivity index (χ1v) is 5.99. The Labute approximate surface area is 109 Å². The summed E-state index contributed by atoms with van der Waals surface area (Å²) in [6.07, 6.45) is 4.21. The lowest BCUT2D eigenvalue weighted by Crippen LogP contribution is -2.37. The normalized spacial score (nSPS) is 19.2. The predicted octanol–water partition coefficient (Wildman–Crippen LogP) is 1.08. The van der Waals surface area contributed by atoms with Crippen LogP contribution in [-0.4, -0.2) is 39.1 Å². The third-order valence-electron chi connectivity index (χ3n) is 3.10. The van der Waals surface area contributed by atoms with Gasteiger partial charge in [-0.15, -0.1) is 0 Å². The molecule has 0 spiro atoms. The summed E-state index contributed by atoms with van der Waals surface area (Å²) in [5.74, 6) is -0.317. The summed E-state index contributed by atoms with van der Waals surface area (Å²) in [6, 6.07) is 0. The van der Waals surface area contributed by atoms with Crippen molar-refractivity contribution in [3.63, 3.8) is 0 Å². The molecule has 8 nitrogen and oxygen atoms in total.